The smallest absolute Gasteiger partial charge is 0.311 e. The summed E-state index contributed by atoms with van der Waals surface area (Å²) in [5.74, 6) is -0.208. The third-order valence-corrected chi connectivity index (χ3v) is 3.23. The van der Waals surface area contributed by atoms with Crippen molar-refractivity contribution >= 4 is 21.9 Å². The first kappa shape index (κ1) is 13.2. The second-order valence-corrected chi connectivity index (χ2v) is 4.15. The van der Waals surface area contributed by atoms with Crippen LogP contribution in [0.1, 0.15) is 32.2 Å². The molecule has 0 N–H and O–H groups in total. The maximum Gasteiger partial charge on any atom is 0.311 e. The van der Waals surface area contributed by atoms with Crippen molar-refractivity contribution in [3.05, 3.63) is 15.9 Å². The summed E-state index contributed by atoms with van der Waals surface area (Å²) in [5.41, 5.74) is 1.89. The molecule has 90 valence electrons. The molecule has 1 heterocycles. The number of carbonyl (C=O) groups excluding carboxylic acids is 1. The van der Waals surface area contributed by atoms with Gasteiger partial charge in [0.15, 0.2) is 0 Å². The molecule has 0 spiro atoms. The number of esters is 1. The van der Waals surface area contributed by atoms with Gasteiger partial charge in [0.1, 0.15) is 0 Å². The van der Waals surface area contributed by atoms with E-state index < -0.39 is 0 Å². The van der Waals surface area contributed by atoms with Crippen molar-refractivity contribution in [2.75, 3.05) is 6.61 Å². The normalized spacial score (nSPS) is 10.5. The van der Waals surface area contributed by atoms with E-state index in [4.69, 9.17) is 4.74 Å². The lowest BCUT2D eigenvalue weighted by Crippen LogP contribution is -2.12. The zero-order valence-corrected chi connectivity index (χ0v) is 11.5. The zero-order chi connectivity index (χ0) is 12.1. The fourth-order valence-corrected chi connectivity index (χ4v) is 2.24. The molecule has 0 bridgehead atoms. The summed E-state index contributed by atoms with van der Waals surface area (Å²) >= 11 is 3.49. The first-order valence-electron chi connectivity index (χ1n) is 5.53. The minimum Gasteiger partial charge on any atom is -0.466 e. The predicted octanol–water partition coefficient (Wildman–Crippen LogP) is 2.33. The summed E-state index contributed by atoms with van der Waals surface area (Å²) in [6, 6.07) is 0. The Morgan fingerprint density at radius 1 is 1.44 bits per heavy atom. The highest BCUT2D eigenvalue weighted by Crippen LogP contribution is 2.22. The summed E-state index contributed by atoms with van der Waals surface area (Å²) in [6.07, 6.45) is 1.12. The second kappa shape index (κ2) is 6.03. The largest absolute Gasteiger partial charge is 0.466 e. The minimum absolute atomic E-state index is 0.208. The summed E-state index contributed by atoms with van der Waals surface area (Å²) in [4.78, 5) is 11.4. The highest BCUT2D eigenvalue weighted by atomic mass is 79.9. The van der Waals surface area contributed by atoms with E-state index in [0.717, 1.165) is 28.8 Å². The fraction of sp³-hybridized carbons (Fsp3) is 0.636. The van der Waals surface area contributed by atoms with E-state index in [1.54, 1.807) is 0 Å². The summed E-state index contributed by atoms with van der Waals surface area (Å²) < 4.78 is 7.72. The predicted molar refractivity (Wildman–Crippen MR) is 65.3 cm³/mol. The molecule has 1 aromatic rings. The first-order valence-corrected chi connectivity index (χ1v) is 6.32. The fourth-order valence-electron chi connectivity index (χ4n) is 1.53. The number of hydrogen-bond donors (Lipinski definition) is 0. The number of ether oxygens (including phenoxy) is 1. The van der Waals surface area contributed by atoms with Gasteiger partial charge < -0.3 is 4.74 Å². The van der Waals surface area contributed by atoms with Crippen LogP contribution >= 0.6 is 15.9 Å². The van der Waals surface area contributed by atoms with Crippen molar-refractivity contribution in [2.45, 2.75) is 40.2 Å². The van der Waals surface area contributed by atoms with Crippen LogP contribution in [0.25, 0.3) is 0 Å². The van der Waals surface area contributed by atoms with E-state index in [0.29, 0.717) is 6.61 Å². The van der Waals surface area contributed by atoms with Crippen molar-refractivity contribution in [1.82, 2.24) is 9.78 Å². The molecule has 5 heteroatoms. The lowest BCUT2D eigenvalue weighted by atomic mass is 10.2. The molecular formula is C11H17BrN2O2. The van der Waals surface area contributed by atoms with Crippen LogP contribution in [0.5, 0.6) is 0 Å². The summed E-state index contributed by atoms with van der Waals surface area (Å²) in [7, 11) is 0. The molecule has 0 radical (unpaired) electrons. The number of hydrogen-bond acceptors (Lipinski definition) is 3. The van der Waals surface area contributed by atoms with E-state index in [2.05, 4.69) is 21.0 Å². The van der Waals surface area contributed by atoms with Gasteiger partial charge in [0, 0.05) is 6.54 Å². The molecule has 0 aromatic carbocycles. The van der Waals surface area contributed by atoms with Gasteiger partial charge in [0.2, 0.25) is 0 Å². The van der Waals surface area contributed by atoms with Crippen molar-refractivity contribution in [3.63, 3.8) is 0 Å². The topological polar surface area (TPSA) is 44.1 Å². The summed E-state index contributed by atoms with van der Waals surface area (Å²) in [6.45, 7) is 7.03. The number of aryl methyl sites for hydroxylation is 2. The van der Waals surface area contributed by atoms with Crippen molar-refractivity contribution in [2.24, 2.45) is 0 Å². The molecule has 0 saturated carbocycles. The summed E-state index contributed by atoms with van der Waals surface area (Å²) in [5, 5.41) is 4.42. The molecule has 0 aliphatic carbocycles. The quantitative estimate of drug-likeness (QED) is 0.781. The number of aromatic nitrogens is 2. The van der Waals surface area contributed by atoms with Gasteiger partial charge in [-0.05, 0) is 36.2 Å². The second-order valence-electron chi connectivity index (χ2n) is 3.36. The van der Waals surface area contributed by atoms with Crippen LogP contribution in [0.3, 0.4) is 0 Å². The van der Waals surface area contributed by atoms with Gasteiger partial charge in [-0.3, -0.25) is 9.48 Å². The average Bonchev–Trinajstić information content (AvgIpc) is 2.56. The van der Waals surface area contributed by atoms with Crippen LogP contribution in [0, 0.1) is 0 Å². The van der Waals surface area contributed by atoms with E-state index >= 15 is 0 Å². The number of halogens is 1. The molecule has 4 nitrogen and oxygen atoms in total. The lowest BCUT2D eigenvalue weighted by molar-refractivity contribution is -0.142. The first-order chi connectivity index (χ1) is 7.63. The molecule has 0 atom stereocenters. The Balaban J connectivity index is 2.93. The van der Waals surface area contributed by atoms with Gasteiger partial charge in [-0.15, -0.1) is 0 Å². The third-order valence-electron chi connectivity index (χ3n) is 2.31. The highest BCUT2D eigenvalue weighted by Gasteiger charge is 2.17. The standard InChI is InChI=1S/C11H17BrN2O2/c1-4-8-11(12)9(14(5-2)13-8)7-10(15)16-6-3/h4-7H2,1-3H3. The minimum atomic E-state index is -0.208. The van der Waals surface area contributed by atoms with Crippen molar-refractivity contribution in [1.29, 1.82) is 0 Å². The number of carbonyl (C=O) groups is 1. The Hall–Kier alpha value is -0.840. The van der Waals surface area contributed by atoms with E-state index in [-0.39, 0.29) is 12.4 Å². The molecule has 0 amide bonds. The Morgan fingerprint density at radius 2 is 2.12 bits per heavy atom. The van der Waals surface area contributed by atoms with Crippen LogP contribution in [-0.2, 0) is 28.9 Å². The molecule has 0 aliphatic heterocycles. The van der Waals surface area contributed by atoms with Gasteiger partial charge >= 0.3 is 5.97 Å². The monoisotopic (exact) mass is 288 g/mol. The lowest BCUT2D eigenvalue weighted by Gasteiger charge is -2.04. The van der Waals surface area contributed by atoms with Gasteiger partial charge in [-0.25, -0.2) is 0 Å². The maximum atomic E-state index is 11.4. The van der Waals surface area contributed by atoms with Crippen LogP contribution in [-0.4, -0.2) is 22.4 Å². The zero-order valence-electron chi connectivity index (χ0n) is 9.92. The molecule has 0 saturated heterocycles. The molecule has 0 unspecified atom stereocenters. The van der Waals surface area contributed by atoms with Gasteiger partial charge in [-0.1, -0.05) is 6.92 Å². The van der Waals surface area contributed by atoms with Crippen LogP contribution in [0.4, 0.5) is 0 Å². The van der Waals surface area contributed by atoms with Crippen molar-refractivity contribution in [3.8, 4) is 0 Å². The molecule has 0 fully saturated rings. The van der Waals surface area contributed by atoms with E-state index in [1.165, 1.54) is 0 Å². The van der Waals surface area contributed by atoms with Crippen LogP contribution in [0.15, 0.2) is 4.47 Å². The molecule has 16 heavy (non-hydrogen) atoms. The van der Waals surface area contributed by atoms with Gasteiger partial charge in [0.05, 0.1) is 28.9 Å². The Kier molecular flexibility index (Phi) is 4.99. The number of rotatable bonds is 5. The van der Waals surface area contributed by atoms with Crippen LogP contribution in [0.2, 0.25) is 0 Å². The van der Waals surface area contributed by atoms with Crippen LogP contribution < -0.4 is 0 Å². The van der Waals surface area contributed by atoms with E-state index in [9.17, 15) is 4.79 Å². The molecule has 1 rings (SSSR count). The number of nitrogens with zero attached hydrogens (tertiary/aromatic N) is 2. The third kappa shape index (κ3) is 2.84. The average molecular weight is 289 g/mol. The molecular weight excluding hydrogens is 272 g/mol. The highest BCUT2D eigenvalue weighted by molar-refractivity contribution is 9.10. The van der Waals surface area contributed by atoms with Gasteiger partial charge in [0.25, 0.3) is 0 Å². The Labute approximate surface area is 104 Å². The SMILES string of the molecule is CCOC(=O)Cc1c(Br)c(CC)nn1CC. The maximum absolute atomic E-state index is 11.4. The molecule has 1 aromatic heterocycles. The van der Waals surface area contributed by atoms with E-state index in [1.807, 2.05) is 25.5 Å². The van der Waals surface area contributed by atoms with Crippen molar-refractivity contribution < 1.29 is 9.53 Å². The van der Waals surface area contributed by atoms with Gasteiger partial charge in [-0.2, -0.15) is 5.10 Å². The Bertz CT molecular complexity index is 374. The Morgan fingerprint density at radius 3 is 2.62 bits per heavy atom. The molecule has 0 aliphatic rings.